The van der Waals surface area contributed by atoms with Crippen molar-refractivity contribution in [1.82, 2.24) is 9.73 Å². The number of benzene rings is 2. The zero-order valence-corrected chi connectivity index (χ0v) is 16.1. The topological polar surface area (TPSA) is 88.1 Å². The Morgan fingerprint density at radius 2 is 1.81 bits per heavy atom. The number of carbonyl (C=O) groups is 1. The number of rotatable bonds is 9. The zero-order chi connectivity index (χ0) is 19.7. The number of hydrogen-bond acceptors (Lipinski definition) is 5. The molecule has 0 atom stereocenters. The van der Waals surface area contributed by atoms with Crippen LogP contribution in [0.4, 0.5) is 0 Å². The number of ether oxygens (including phenoxy) is 1. The minimum absolute atomic E-state index is 0.221. The third-order valence-corrected chi connectivity index (χ3v) is 5.05. The number of methoxy groups -OCH3 is 1. The third kappa shape index (κ3) is 7.20. The van der Waals surface area contributed by atoms with Gasteiger partial charge in [0.15, 0.2) is 0 Å². The van der Waals surface area contributed by atoms with Crippen molar-refractivity contribution in [1.29, 1.82) is 0 Å². The molecule has 0 spiro atoms. The van der Waals surface area contributed by atoms with E-state index in [9.17, 15) is 13.2 Å². The second kappa shape index (κ2) is 9.84. The largest absolute Gasteiger partial charge is 0.497 e. The van der Waals surface area contributed by atoms with Gasteiger partial charge in [-0.1, -0.05) is 30.3 Å². The molecule has 2 rings (SSSR count). The fourth-order valence-electron chi connectivity index (χ4n) is 2.32. The summed E-state index contributed by atoms with van der Waals surface area (Å²) in [6, 6.07) is 16.6. The van der Waals surface area contributed by atoms with Gasteiger partial charge in [0, 0.05) is 6.54 Å². The van der Waals surface area contributed by atoms with E-state index in [1.54, 1.807) is 31.4 Å². The zero-order valence-electron chi connectivity index (χ0n) is 15.3. The van der Waals surface area contributed by atoms with Crippen LogP contribution in [0.5, 0.6) is 5.75 Å². The summed E-state index contributed by atoms with van der Waals surface area (Å²) in [5.74, 6) is 0.219. The molecule has 0 radical (unpaired) electrons. The van der Waals surface area contributed by atoms with Crippen molar-refractivity contribution in [3.63, 3.8) is 0 Å². The highest BCUT2D eigenvalue weighted by molar-refractivity contribution is 7.88. The summed E-state index contributed by atoms with van der Waals surface area (Å²) in [5, 5.41) is 3.86. The molecule has 144 valence electrons. The molecule has 27 heavy (non-hydrogen) atoms. The van der Waals surface area contributed by atoms with Gasteiger partial charge in [0.05, 0.1) is 26.1 Å². The van der Waals surface area contributed by atoms with Gasteiger partial charge in [0.2, 0.25) is 10.0 Å². The number of amides is 1. The van der Waals surface area contributed by atoms with Gasteiger partial charge in [0.1, 0.15) is 5.75 Å². The maximum Gasteiger partial charge on any atom is 0.255 e. The number of hydrazone groups is 1. The summed E-state index contributed by atoms with van der Waals surface area (Å²) in [6.07, 6.45) is 3.09. The normalized spacial score (nSPS) is 11.7. The van der Waals surface area contributed by atoms with Crippen molar-refractivity contribution in [3.05, 3.63) is 65.7 Å². The lowest BCUT2D eigenvalue weighted by molar-refractivity contribution is -0.121. The molecular formula is C19H23N3O4S. The molecule has 0 heterocycles. The van der Waals surface area contributed by atoms with Crippen LogP contribution in [0.15, 0.2) is 59.7 Å². The summed E-state index contributed by atoms with van der Waals surface area (Å²) in [5.41, 5.74) is 4.14. The summed E-state index contributed by atoms with van der Waals surface area (Å²) < 4.78 is 30.1. The summed E-state index contributed by atoms with van der Waals surface area (Å²) in [7, 11) is -1.93. The van der Waals surface area contributed by atoms with Crippen LogP contribution in [0.25, 0.3) is 0 Å². The highest BCUT2D eigenvalue weighted by atomic mass is 32.2. The van der Waals surface area contributed by atoms with Gasteiger partial charge < -0.3 is 4.74 Å². The van der Waals surface area contributed by atoms with E-state index in [0.29, 0.717) is 6.42 Å². The van der Waals surface area contributed by atoms with E-state index >= 15 is 0 Å². The lowest BCUT2D eigenvalue weighted by Gasteiger charge is -2.18. The van der Waals surface area contributed by atoms with E-state index in [1.165, 1.54) is 6.21 Å². The maximum atomic E-state index is 12.1. The molecule has 2 aromatic rings. The molecule has 8 heteroatoms. The molecule has 2 aromatic carbocycles. The van der Waals surface area contributed by atoms with Crippen molar-refractivity contribution in [2.24, 2.45) is 5.10 Å². The average Bonchev–Trinajstić information content (AvgIpc) is 2.65. The molecule has 0 aromatic heterocycles. The van der Waals surface area contributed by atoms with E-state index < -0.39 is 15.9 Å². The number of sulfonamides is 1. The molecule has 0 aliphatic heterocycles. The minimum atomic E-state index is -3.51. The van der Waals surface area contributed by atoms with Crippen LogP contribution in [0.1, 0.15) is 11.1 Å². The van der Waals surface area contributed by atoms with Crippen molar-refractivity contribution in [2.75, 3.05) is 26.5 Å². The molecule has 0 aliphatic rings. The van der Waals surface area contributed by atoms with Gasteiger partial charge in [-0.3, -0.25) is 4.79 Å². The van der Waals surface area contributed by atoms with Gasteiger partial charge in [-0.15, -0.1) is 0 Å². The van der Waals surface area contributed by atoms with Gasteiger partial charge in [0.25, 0.3) is 5.91 Å². The van der Waals surface area contributed by atoms with E-state index in [2.05, 4.69) is 10.5 Å². The molecule has 0 saturated carbocycles. The highest BCUT2D eigenvalue weighted by Crippen LogP contribution is 2.09. The second-order valence-electron chi connectivity index (χ2n) is 5.90. The van der Waals surface area contributed by atoms with Crippen LogP contribution >= 0.6 is 0 Å². The molecule has 1 N–H and O–H groups in total. The summed E-state index contributed by atoms with van der Waals surface area (Å²) in [4.78, 5) is 12.1. The Kier molecular flexibility index (Phi) is 7.51. The van der Waals surface area contributed by atoms with E-state index in [4.69, 9.17) is 4.74 Å². The van der Waals surface area contributed by atoms with Crippen LogP contribution in [0.2, 0.25) is 0 Å². The monoisotopic (exact) mass is 389 g/mol. The van der Waals surface area contributed by atoms with Gasteiger partial charge in [-0.2, -0.15) is 9.41 Å². The molecule has 0 fully saturated rings. The van der Waals surface area contributed by atoms with Crippen LogP contribution in [-0.4, -0.2) is 51.3 Å². The molecule has 7 nitrogen and oxygen atoms in total. The van der Waals surface area contributed by atoms with E-state index in [-0.39, 0.29) is 13.1 Å². The maximum absolute atomic E-state index is 12.1. The molecule has 0 bridgehead atoms. The SMILES string of the molecule is COc1ccc(/C=N/NC(=O)CN(CCc2ccccc2)S(C)(=O)=O)cc1. The predicted molar refractivity (Wildman–Crippen MR) is 105 cm³/mol. The second-order valence-corrected chi connectivity index (χ2v) is 7.88. The lowest BCUT2D eigenvalue weighted by atomic mass is 10.1. The molecule has 0 saturated heterocycles. The van der Waals surface area contributed by atoms with Crippen molar-refractivity contribution in [3.8, 4) is 5.75 Å². The fraction of sp³-hybridized carbons (Fsp3) is 0.263. The lowest BCUT2D eigenvalue weighted by Crippen LogP contribution is -2.40. The van der Waals surface area contributed by atoms with E-state index in [1.807, 2.05) is 30.3 Å². The minimum Gasteiger partial charge on any atom is -0.497 e. The van der Waals surface area contributed by atoms with Gasteiger partial charge in [-0.05, 0) is 41.8 Å². The first kappa shape index (κ1) is 20.6. The average molecular weight is 389 g/mol. The molecule has 0 unspecified atom stereocenters. The standard InChI is InChI=1S/C19H23N3O4S/c1-26-18-10-8-17(9-11-18)14-20-21-19(23)15-22(27(2,24)25)13-12-16-6-4-3-5-7-16/h3-11,14H,12-13,15H2,1-2H3,(H,21,23)/b20-14+. The molecule has 0 aliphatic carbocycles. The van der Waals surface area contributed by atoms with Gasteiger partial charge >= 0.3 is 0 Å². The Labute approximate surface area is 159 Å². The molecular weight excluding hydrogens is 366 g/mol. The Balaban J connectivity index is 1.89. The summed E-state index contributed by atoms with van der Waals surface area (Å²) >= 11 is 0. The number of hydrogen-bond donors (Lipinski definition) is 1. The number of nitrogens with one attached hydrogen (secondary N) is 1. The first-order valence-electron chi connectivity index (χ1n) is 8.33. The summed E-state index contributed by atoms with van der Waals surface area (Å²) in [6.45, 7) is -0.0654. The number of carbonyl (C=O) groups excluding carboxylic acids is 1. The van der Waals surface area contributed by atoms with Gasteiger partial charge in [-0.25, -0.2) is 13.8 Å². The van der Waals surface area contributed by atoms with Crippen LogP contribution in [-0.2, 0) is 21.2 Å². The Bertz CT molecular complexity index is 866. The Morgan fingerprint density at radius 3 is 2.41 bits per heavy atom. The van der Waals surface area contributed by atoms with Crippen LogP contribution in [0, 0.1) is 0 Å². The van der Waals surface area contributed by atoms with E-state index in [0.717, 1.165) is 27.4 Å². The predicted octanol–water partition coefficient (Wildman–Crippen LogP) is 1.65. The fourth-order valence-corrected chi connectivity index (χ4v) is 3.10. The van der Waals surface area contributed by atoms with Crippen molar-refractivity contribution in [2.45, 2.75) is 6.42 Å². The van der Waals surface area contributed by atoms with Crippen molar-refractivity contribution >= 4 is 22.1 Å². The van der Waals surface area contributed by atoms with Crippen LogP contribution < -0.4 is 10.2 Å². The Morgan fingerprint density at radius 1 is 1.15 bits per heavy atom. The van der Waals surface area contributed by atoms with Crippen molar-refractivity contribution < 1.29 is 17.9 Å². The molecule has 1 amide bonds. The Hall–Kier alpha value is -2.71. The smallest absolute Gasteiger partial charge is 0.255 e. The first-order chi connectivity index (χ1) is 12.9. The van der Waals surface area contributed by atoms with Crippen LogP contribution in [0.3, 0.4) is 0 Å². The first-order valence-corrected chi connectivity index (χ1v) is 10.2. The number of nitrogens with zero attached hydrogens (tertiary/aromatic N) is 2. The quantitative estimate of drug-likeness (QED) is 0.522. The third-order valence-electron chi connectivity index (χ3n) is 3.80. The highest BCUT2D eigenvalue weighted by Gasteiger charge is 2.19.